The number of aryl methyl sites for hydroxylation is 1. The average Bonchev–Trinajstić information content (AvgIpc) is 2.45. The van der Waals surface area contributed by atoms with Crippen LogP contribution >= 0.6 is 11.8 Å². The van der Waals surface area contributed by atoms with Gasteiger partial charge in [0.2, 0.25) is 0 Å². The van der Waals surface area contributed by atoms with Crippen molar-refractivity contribution in [2.45, 2.75) is 30.3 Å². The Morgan fingerprint density at radius 1 is 0.952 bits per heavy atom. The Labute approximate surface area is 126 Å². The molecule has 0 saturated carbocycles. The van der Waals surface area contributed by atoms with Gasteiger partial charge in [-0.15, -0.1) is 0 Å². The maximum atomic E-state index is 12.5. The third-order valence-corrected chi connectivity index (χ3v) is 3.83. The maximum absolute atomic E-state index is 12.5. The Bertz CT molecular complexity index is 579. The lowest BCUT2D eigenvalue weighted by atomic mass is 10.1. The third kappa shape index (κ3) is 5.01. The second-order valence-corrected chi connectivity index (χ2v) is 5.67. The van der Waals surface area contributed by atoms with Crippen LogP contribution in [0.4, 0.5) is 18.9 Å². The van der Waals surface area contributed by atoms with Crippen LogP contribution < -0.4 is 5.32 Å². The zero-order valence-corrected chi connectivity index (χ0v) is 12.4. The lowest BCUT2D eigenvalue weighted by molar-refractivity contribution is -0.0327. The highest BCUT2D eigenvalue weighted by atomic mass is 32.2. The predicted molar refractivity (Wildman–Crippen MR) is 81.5 cm³/mol. The summed E-state index contributed by atoms with van der Waals surface area (Å²) in [5.41, 5.74) is -1.49. The number of rotatable bonds is 5. The summed E-state index contributed by atoms with van der Waals surface area (Å²) in [7, 11) is 0. The average molecular weight is 311 g/mol. The molecule has 0 bridgehead atoms. The van der Waals surface area contributed by atoms with Crippen LogP contribution in [-0.2, 0) is 13.0 Å². The van der Waals surface area contributed by atoms with E-state index in [9.17, 15) is 13.2 Å². The molecule has 2 aromatic rings. The number of para-hydroxylation sites is 1. The van der Waals surface area contributed by atoms with Crippen LogP contribution in [0.5, 0.6) is 0 Å². The largest absolute Gasteiger partial charge is 0.446 e. The van der Waals surface area contributed by atoms with E-state index in [1.807, 2.05) is 24.3 Å². The van der Waals surface area contributed by atoms with E-state index in [0.29, 0.717) is 12.2 Å². The molecule has 0 aliphatic rings. The number of nitrogens with one attached hydrogen (secondary N) is 1. The number of hydrogen-bond donors (Lipinski definition) is 1. The van der Waals surface area contributed by atoms with Crippen molar-refractivity contribution in [1.29, 1.82) is 0 Å². The number of anilines is 1. The van der Waals surface area contributed by atoms with Crippen molar-refractivity contribution >= 4 is 17.4 Å². The minimum Gasteiger partial charge on any atom is -0.380 e. The molecular formula is C16H16F3NS. The summed E-state index contributed by atoms with van der Waals surface area (Å²) in [6, 6.07) is 14.5. The van der Waals surface area contributed by atoms with Crippen molar-refractivity contribution < 1.29 is 13.2 Å². The van der Waals surface area contributed by atoms with Crippen molar-refractivity contribution in [2.75, 3.05) is 5.32 Å². The van der Waals surface area contributed by atoms with Crippen LogP contribution in [0.3, 0.4) is 0 Å². The standard InChI is InChI=1S/C16H16F3NS/c1-2-12-7-9-13(10-8-12)11-20-14-5-3-4-6-15(14)21-16(17,18)19/h3-10,20H,2,11H2,1H3. The Kier molecular flexibility index (Phi) is 5.17. The van der Waals surface area contributed by atoms with Gasteiger partial charge in [-0.2, -0.15) is 13.2 Å². The van der Waals surface area contributed by atoms with Gasteiger partial charge < -0.3 is 5.32 Å². The molecule has 112 valence electrons. The van der Waals surface area contributed by atoms with Crippen LogP contribution in [0.25, 0.3) is 0 Å². The summed E-state index contributed by atoms with van der Waals surface area (Å²) in [4.78, 5) is 0.190. The number of hydrogen-bond acceptors (Lipinski definition) is 2. The monoisotopic (exact) mass is 311 g/mol. The van der Waals surface area contributed by atoms with Gasteiger partial charge in [0.05, 0.1) is 0 Å². The molecule has 1 nitrogen and oxygen atoms in total. The van der Waals surface area contributed by atoms with Gasteiger partial charge in [-0.3, -0.25) is 0 Å². The minimum atomic E-state index is -4.28. The lowest BCUT2D eigenvalue weighted by Crippen LogP contribution is -2.04. The molecule has 0 spiro atoms. The quantitative estimate of drug-likeness (QED) is 0.735. The molecule has 0 aliphatic carbocycles. The zero-order valence-electron chi connectivity index (χ0n) is 11.6. The van der Waals surface area contributed by atoms with E-state index >= 15 is 0 Å². The normalized spacial score (nSPS) is 11.4. The summed E-state index contributed by atoms with van der Waals surface area (Å²) in [5, 5.41) is 3.07. The molecule has 0 amide bonds. The highest BCUT2D eigenvalue weighted by Gasteiger charge is 2.30. The number of alkyl halides is 3. The maximum Gasteiger partial charge on any atom is 0.446 e. The SMILES string of the molecule is CCc1ccc(CNc2ccccc2SC(F)(F)F)cc1. The number of halogens is 3. The molecule has 0 heterocycles. The smallest absolute Gasteiger partial charge is 0.380 e. The minimum absolute atomic E-state index is 0.0939. The van der Waals surface area contributed by atoms with Gasteiger partial charge >= 0.3 is 5.51 Å². The van der Waals surface area contributed by atoms with Gasteiger partial charge in [-0.1, -0.05) is 43.3 Å². The Balaban J connectivity index is 2.05. The molecule has 0 saturated heterocycles. The molecule has 0 aliphatic heterocycles. The Hall–Kier alpha value is -1.62. The molecule has 0 atom stereocenters. The van der Waals surface area contributed by atoms with E-state index in [-0.39, 0.29) is 16.7 Å². The van der Waals surface area contributed by atoms with Crippen LogP contribution in [0.2, 0.25) is 0 Å². The molecule has 0 aromatic heterocycles. The van der Waals surface area contributed by atoms with Crippen molar-refractivity contribution in [2.24, 2.45) is 0 Å². The fourth-order valence-corrected chi connectivity index (χ4v) is 2.56. The summed E-state index contributed by atoms with van der Waals surface area (Å²) < 4.78 is 37.5. The van der Waals surface area contributed by atoms with Crippen molar-refractivity contribution in [3.05, 3.63) is 59.7 Å². The summed E-state index contributed by atoms with van der Waals surface area (Å²) in [6.07, 6.45) is 0.971. The molecule has 1 N–H and O–H groups in total. The van der Waals surface area contributed by atoms with E-state index in [0.717, 1.165) is 12.0 Å². The number of thioether (sulfide) groups is 1. The van der Waals surface area contributed by atoms with Gasteiger partial charge in [-0.05, 0) is 41.4 Å². The molecule has 21 heavy (non-hydrogen) atoms. The van der Waals surface area contributed by atoms with E-state index in [1.54, 1.807) is 18.2 Å². The van der Waals surface area contributed by atoms with E-state index < -0.39 is 5.51 Å². The third-order valence-electron chi connectivity index (χ3n) is 3.03. The van der Waals surface area contributed by atoms with Crippen LogP contribution in [-0.4, -0.2) is 5.51 Å². The van der Waals surface area contributed by atoms with Gasteiger partial charge in [0, 0.05) is 17.1 Å². The zero-order chi connectivity index (χ0) is 15.3. The van der Waals surface area contributed by atoms with Gasteiger partial charge in [0.1, 0.15) is 0 Å². The van der Waals surface area contributed by atoms with Gasteiger partial charge in [-0.25, -0.2) is 0 Å². The van der Waals surface area contributed by atoms with E-state index in [4.69, 9.17) is 0 Å². The molecule has 0 fully saturated rings. The van der Waals surface area contributed by atoms with E-state index in [1.165, 1.54) is 11.6 Å². The van der Waals surface area contributed by atoms with Gasteiger partial charge in [0.15, 0.2) is 0 Å². The second kappa shape index (κ2) is 6.89. The first-order valence-electron chi connectivity index (χ1n) is 6.64. The highest BCUT2D eigenvalue weighted by molar-refractivity contribution is 8.00. The molecule has 2 aromatic carbocycles. The molecular weight excluding hydrogens is 295 g/mol. The Morgan fingerprint density at radius 2 is 1.57 bits per heavy atom. The Morgan fingerprint density at radius 3 is 2.19 bits per heavy atom. The van der Waals surface area contributed by atoms with Gasteiger partial charge in [0.25, 0.3) is 0 Å². The molecule has 0 unspecified atom stereocenters. The van der Waals surface area contributed by atoms with Crippen LogP contribution in [0.15, 0.2) is 53.4 Å². The fourth-order valence-electron chi connectivity index (χ4n) is 1.92. The van der Waals surface area contributed by atoms with Crippen molar-refractivity contribution in [3.63, 3.8) is 0 Å². The highest BCUT2D eigenvalue weighted by Crippen LogP contribution is 2.40. The second-order valence-electron chi connectivity index (χ2n) is 4.57. The first kappa shape index (κ1) is 15.8. The predicted octanol–water partition coefficient (Wildman–Crippen LogP) is 5.47. The van der Waals surface area contributed by atoms with Crippen LogP contribution in [0.1, 0.15) is 18.1 Å². The number of benzene rings is 2. The van der Waals surface area contributed by atoms with Crippen molar-refractivity contribution in [1.82, 2.24) is 0 Å². The summed E-state index contributed by atoms with van der Waals surface area (Å²) in [5.74, 6) is 0. The van der Waals surface area contributed by atoms with E-state index in [2.05, 4.69) is 12.2 Å². The first-order chi connectivity index (χ1) is 9.98. The fraction of sp³-hybridized carbons (Fsp3) is 0.250. The molecule has 0 radical (unpaired) electrons. The molecule has 5 heteroatoms. The first-order valence-corrected chi connectivity index (χ1v) is 7.46. The van der Waals surface area contributed by atoms with Crippen LogP contribution in [0, 0.1) is 0 Å². The molecule has 2 rings (SSSR count). The lowest BCUT2D eigenvalue weighted by Gasteiger charge is -2.13. The topological polar surface area (TPSA) is 12.0 Å². The van der Waals surface area contributed by atoms with Crippen molar-refractivity contribution in [3.8, 4) is 0 Å². The summed E-state index contributed by atoms with van der Waals surface area (Å²) in [6.45, 7) is 2.58. The summed E-state index contributed by atoms with van der Waals surface area (Å²) >= 11 is -0.0939.